The molecule has 1 heterocycles. The van der Waals surface area contributed by atoms with Crippen molar-refractivity contribution in [1.29, 1.82) is 0 Å². The Balaban J connectivity index is 2.15. The van der Waals surface area contributed by atoms with Gasteiger partial charge in [-0.05, 0) is 19.1 Å². The summed E-state index contributed by atoms with van der Waals surface area (Å²) in [5.41, 5.74) is 3.34. The van der Waals surface area contributed by atoms with Gasteiger partial charge in [0, 0.05) is 25.3 Å². The number of carbonyl (C=O) groups excluding carboxylic acids is 1. The van der Waals surface area contributed by atoms with Crippen molar-refractivity contribution < 1.29 is 4.79 Å². The maximum Gasteiger partial charge on any atom is 0.213 e. The van der Waals surface area contributed by atoms with Crippen molar-refractivity contribution in [3.63, 3.8) is 0 Å². The van der Waals surface area contributed by atoms with Crippen LogP contribution >= 0.6 is 0 Å². The van der Waals surface area contributed by atoms with Crippen LogP contribution in [0.4, 0.5) is 5.82 Å². The van der Waals surface area contributed by atoms with Gasteiger partial charge in [0.25, 0.3) is 0 Å². The highest BCUT2D eigenvalue weighted by molar-refractivity contribution is 6.11. The molecule has 2 aromatic carbocycles. The number of imidazole rings is 1. The molecule has 0 aliphatic rings. The van der Waals surface area contributed by atoms with Crippen molar-refractivity contribution in [2.75, 3.05) is 19.0 Å². The second kappa shape index (κ2) is 6.08. The lowest BCUT2D eigenvalue weighted by Crippen LogP contribution is -2.16. The molecule has 0 atom stereocenters. The third-order valence-corrected chi connectivity index (χ3v) is 3.73. The molecule has 0 aliphatic heterocycles. The van der Waals surface area contributed by atoms with Crippen LogP contribution in [0.1, 0.15) is 21.6 Å². The van der Waals surface area contributed by atoms with Gasteiger partial charge in [-0.25, -0.2) is 4.98 Å². The van der Waals surface area contributed by atoms with E-state index in [0.717, 1.165) is 5.69 Å². The number of aryl methyl sites for hydroxylation is 1. The van der Waals surface area contributed by atoms with Crippen molar-refractivity contribution in [2.45, 2.75) is 6.92 Å². The van der Waals surface area contributed by atoms with Crippen LogP contribution in [0.15, 0.2) is 60.9 Å². The highest BCUT2D eigenvalue weighted by atomic mass is 16.1. The summed E-state index contributed by atoms with van der Waals surface area (Å²) >= 11 is 0. The summed E-state index contributed by atoms with van der Waals surface area (Å²) in [6, 6.07) is 17.4. The van der Waals surface area contributed by atoms with Crippen molar-refractivity contribution in [3.8, 4) is 5.69 Å². The van der Waals surface area contributed by atoms with E-state index in [1.54, 1.807) is 6.33 Å². The number of carbonyl (C=O) groups is 1. The van der Waals surface area contributed by atoms with Crippen LogP contribution in [0.2, 0.25) is 0 Å². The van der Waals surface area contributed by atoms with Gasteiger partial charge in [-0.2, -0.15) is 0 Å². The molecule has 3 rings (SSSR count). The first-order chi connectivity index (χ1) is 11.1. The first-order valence-corrected chi connectivity index (χ1v) is 7.49. The fourth-order valence-electron chi connectivity index (χ4n) is 2.50. The predicted octanol–water partition coefficient (Wildman–Crippen LogP) is 3.48. The lowest BCUT2D eigenvalue weighted by Gasteiger charge is -2.14. The molecular formula is C19H19N3O. The molecule has 0 amide bonds. The molecule has 0 unspecified atom stereocenters. The number of aromatic nitrogens is 2. The smallest absolute Gasteiger partial charge is 0.213 e. The van der Waals surface area contributed by atoms with Crippen LogP contribution in [0.25, 0.3) is 5.69 Å². The van der Waals surface area contributed by atoms with Crippen LogP contribution in [0.5, 0.6) is 0 Å². The zero-order chi connectivity index (χ0) is 16.4. The van der Waals surface area contributed by atoms with E-state index < -0.39 is 0 Å². The van der Waals surface area contributed by atoms with Gasteiger partial charge in [0.15, 0.2) is 5.82 Å². The molecule has 3 aromatic rings. The summed E-state index contributed by atoms with van der Waals surface area (Å²) < 4.78 is 1.85. The number of ketones is 1. The molecule has 23 heavy (non-hydrogen) atoms. The Morgan fingerprint density at radius 1 is 1.00 bits per heavy atom. The Morgan fingerprint density at radius 3 is 2.26 bits per heavy atom. The van der Waals surface area contributed by atoms with Gasteiger partial charge >= 0.3 is 0 Å². The van der Waals surface area contributed by atoms with E-state index in [1.165, 1.54) is 5.56 Å². The number of hydrogen-bond donors (Lipinski definition) is 0. The summed E-state index contributed by atoms with van der Waals surface area (Å²) in [6.45, 7) is 2.04. The standard InChI is InChI=1S/C19H19N3O/c1-14-9-11-16(12-10-14)22-13-20-19(21(2)3)17(22)18(23)15-7-5-4-6-8-15/h4-13H,1-3H3. The normalized spacial score (nSPS) is 10.6. The molecule has 1 aromatic heterocycles. The van der Waals surface area contributed by atoms with E-state index in [9.17, 15) is 4.79 Å². The van der Waals surface area contributed by atoms with Crippen molar-refractivity contribution in [1.82, 2.24) is 9.55 Å². The van der Waals surface area contributed by atoms with Gasteiger partial charge in [0.2, 0.25) is 5.78 Å². The highest BCUT2D eigenvalue weighted by Gasteiger charge is 2.22. The van der Waals surface area contributed by atoms with Gasteiger partial charge in [0.1, 0.15) is 12.0 Å². The van der Waals surface area contributed by atoms with E-state index in [0.29, 0.717) is 17.1 Å². The number of nitrogens with zero attached hydrogens (tertiary/aromatic N) is 3. The summed E-state index contributed by atoms with van der Waals surface area (Å²) in [6.07, 6.45) is 1.70. The van der Waals surface area contributed by atoms with E-state index in [-0.39, 0.29) is 5.78 Å². The molecule has 4 heteroatoms. The lowest BCUT2D eigenvalue weighted by molar-refractivity contribution is 0.103. The number of hydrogen-bond acceptors (Lipinski definition) is 3. The quantitative estimate of drug-likeness (QED) is 0.693. The van der Waals surface area contributed by atoms with E-state index in [2.05, 4.69) is 4.98 Å². The molecule has 4 nitrogen and oxygen atoms in total. The van der Waals surface area contributed by atoms with Gasteiger partial charge in [-0.3, -0.25) is 9.36 Å². The summed E-state index contributed by atoms with van der Waals surface area (Å²) in [7, 11) is 3.78. The minimum atomic E-state index is -0.0348. The SMILES string of the molecule is Cc1ccc(-n2cnc(N(C)C)c2C(=O)c2ccccc2)cc1. The molecule has 0 radical (unpaired) electrons. The molecule has 116 valence electrons. The Hall–Kier alpha value is -2.88. The Kier molecular flexibility index (Phi) is 3.98. The number of rotatable bonds is 4. The average Bonchev–Trinajstić information content (AvgIpc) is 3.01. The number of benzene rings is 2. The van der Waals surface area contributed by atoms with E-state index >= 15 is 0 Å². The topological polar surface area (TPSA) is 38.1 Å². The van der Waals surface area contributed by atoms with Gasteiger partial charge in [-0.1, -0.05) is 48.0 Å². The van der Waals surface area contributed by atoms with E-state index in [4.69, 9.17) is 0 Å². The molecule has 0 saturated carbocycles. The maximum atomic E-state index is 13.0. The zero-order valence-corrected chi connectivity index (χ0v) is 13.5. The first kappa shape index (κ1) is 15.0. The third kappa shape index (κ3) is 2.88. The Morgan fingerprint density at radius 2 is 1.65 bits per heavy atom. The zero-order valence-electron chi connectivity index (χ0n) is 13.5. The average molecular weight is 305 g/mol. The Bertz CT molecular complexity index is 818. The number of anilines is 1. The monoisotopic (exact) mass is 305 g/mol. The van der Waals surface area contributed by atoms with Crippen molar-refractivity contribution in [2.24, 2.45) is 0 Å². The van der Waals surface area contributed by atoms with Gasteiger partial charge in [0.05, 0.1) is 0 Å². The lowest BCUT2D eigenvalue weighted by atomic mass is 10.1. The largest absolute Gasteiger partial charge is 0.361 e. The van der Waals surface area contributed by atoms with Crippen LogP contribution in [0.3, 0.4) is 0 Å². The summed E-state index contributed by atoms with van der Waals surface area (Å²) in [5.74, 6) is 0.631. The van der Waals surface area contributed by atoms with Crippen molar-refractivity contribution in [3.05, 3.63) is 77.7 Å². The van der Waals surface area contributed by atoms with Crippen LogP contribution in [0, 0.1) is 6.92 Å². The van der Waals surface area contributed by atoms with Crippen LogP contribution in [-0.2, 0) is 0 Å². The van der Waals surface area contributed by atoms with Crippen molar-refractivity contribution >= 4 is 11.6 Å². The molecule has 0 aliphatic carbocycles. The summed E-state index contributed by atoms with van der Waals surface area (Å²) in [4.78, 5) is 19.3. The second-order valence-electron chi connectivity index (χ2n) is 5.71. The van der Waals surface area contributed by atoms with Crippen LogP contribution < -0.4 is 4.90 Å². The molecule has 0 fully saturated rings. The maximum absolute atomic E-state index is 13.0. The molecule has 0 saturated heterocycles. The third-order valence-electron chi connectivity index (χ3n) is 3.73. The fraction of sp³-hybridized carbons (Fsp3) is 0.158. The van der Waals surface area contributed by atoms with Gasteiger partial charge in [-0.15, -0.1) is 0 Å². The molecule has 0 bridgehead atoms. The fourth-order valence-corrected chi connectivity index (χ4v) is 2.50. The Labute approximate surface area is 136 Å². The minimum absolute atomic E-state index is 0.0348. The van der Waals surface area contributed by atoms with Crippen LogP contribution in [-0.4, -0.2) is 29.4 Å². The molecule has 0 spiro atoms. The summed E-state index contributed by atoms with van der Waals surface area (Å²) in [5, 5.41) is 0. The predicted molar refractivity (Wildman–Crippen MR) is 92.5 cm³/mol. The first-order valence-electron chi connectivity index (χ1n) is 7.49. The molecule has 0 N–H and O–H groups in total. The van der Waals surface area contributed by atoms with Gasteiger partial charge < -0.3 is 4.90 Å². The highest BCUT2D eigenvalue weighted by Crippen LogP contribution is 2.24. The van der Waals surface area contributed by atoms with E-state index in [1.807, 2.05) is 85.1 Å². The molecular weight excluding hydrogens is 286 g/mol. The second-order valence-corrected chi connectivity index (χ2v) is 5.71. The minimum Gasteiger partial charge on any atom is -0.361 e.